The van der Waals surface area contributed by atoms with Crippen molar-refractivity contribution in [3.8, 4) is 5.75 Å². The third-order valence-corrected chi connectivity index (χ3v) is 6.96. The molecular weight excluding hydrogens is 403 g/mol. The number of aromatic nitrogens is 1. The maximum Gasteiger partial charge on any atom is 0.229 e. The topological polar surface area (TPSA) is 48.9 Å². The summed E-state index contributed by atoms with van der Waals surface area (Å²) < 4.78 is 20.5. The van der Waals surface area contributed by atoms with Crippen molar-refractivity contribution >= 4 is 38.3 Å². The number of ether oxygens (including phenoxy) is 1. The summed E-state index contributed by atoms with van der Waals surface area (Å²) in [5, 5.41) is 0.933. The predicted octanol–water partition coefficient (Wildman–Crippen LogP) is 3.23. The number of carbonyl (C=O) groups excluding carboxylic acids is 1. The summed E-state index contributed by atoms with van der Waals surface area (Å²) in [6, 6.07) is 12.7. The first-order chi connectivity index (χ1) is 14.6. The maximum atomic E-state index is 14.0. The number of rotatable bonds is 4. The fourth-order valence-corrected chi connectivity index (χ4v) is 5.14. The Morgan fingerprint density at radius 1 is 1.07 bits per heavy atom. The van der Waals surface area contributed by atoms with E-state index in [2.05, 4.69) is 4.90 Å². The Balaban J connectivity index is 1.18. The molecule has 1 amide bonds. The third-order valence-electron chi connectivity index (χ3n) is 5.88. The monoisotopic (exact) mass is 426 g/mol. The van der Waals surface area contributed by atoms with Crippen LogP contribution < -0.4 is 14.5 Å². The Hall–Kier alpha value is -2.87. The molecule has 0 radical (unpaired) electrons. The summed E-state index contributed by atoms with van der Waals surface area (Å²) in [5.74, 6) is 0.757. The number of benzene rings is 2. The van der Waals surface area contributed by atoms with E-state index >= 15 is 0 Å². The van der Waals surface area contributed by atoms with E-state index in [4.69, 9.17) is 9.72 Å². The van der Waals surface area contributed by atoms with Gasteiger partial charge in [-0.1, -0.05) is 29.5 Å². The summed E-state index contributed by atoms with van der Waals surface area (Å²) in [5.41, 5.74) is 1.49. The predicted molar refractivity (Wildman–Crippen MR) is 117 cm³/mol. The molecule has 2 aliphatic rings. The minimum absolute atomic E-state index is 0.00100. The van der Waals surface area contributed by atoms with Crippen molar-refractivity contribution in [1.29, 1.82) is 0 Å². The van der Waals surface area contributed by atoms with Gasteiger partial charge in [0.2, 0.25) is 5.91 Å². The van der Waals surface area contributed by atoms with Gasteiger partial charge in [-0.05, 0) is 24.3 Å². The molecule has 0 aliphatic carbocycles. The minimum atomic E-state index is -0.209. The minimum Gasteiger partial charge on any atom is -0.494 e. The molecule has 5 rings (SSSR count). The van der Waals surface area contributed by atoms with Crippen LogP contribution in [0.15, 0.2) is 42.5 Å². The Bertz CT molecular complexity index is 1070. The number of methoxy groups -OCH3 is 1. The average Bonchev–Trinajstić information content (AvgIpc) is 3.17. The lowest BCUT2D eigenvalue weighted by atomic mass is 9.99. The number of piperazine rings is 1. The SMILES string of the molecule is COc1cccc2sc(N3CC(C(=O)N4CCN(c5ccccc5F)CC4)C3)nc12. The molecule has 0 spiro atoms. The van der Waals surface area contributed by atoms with Crippen LogP contribution >= 0.6 is 11.3 Å². The van der Waals surface area contributed by atoms with Gasteiger partial charge in [-0.15, -0.1) is 0 Å². The highest BCUT2D eigenvalue weighted by atomic mass is 32.1. The van der Waals surface area contributed by atoms with E-state index in [1.807, 2.05) is 34.1 Å². The number of hydrogen-bond donors (Lipinski definition) is 0. The molecule has 156 valence electrons. The molecule has 2 aliphatic heterocycles. The molecule has 0 unspecified atom stereocenters. The molecule has 6 nitrogen and oxygen atoms in total. The maximum absolute atomic E-state index is 14.0. The first kappa shape index (κ1) is 19.1. The molecule has 1 aromatic heterocycles. The van der Waals surface area contributed by atoms with Gasteiger partial charge >= 0.3 is 0 Å². The Morgan fingerprint density at radius 3 is 2.57 bits per heavy atom. The van der Waals surface area contributed by atoms with Gasteiger partial charge in [0.1, 0.15) is 17.1 Å². The van der Waals surface area contributed by atoms with Gasteiger partial charge < -0.3 is 19.4 Å². The third kappa shape index (κ3) is 3.35. The van der Waals surface area contributed by atoms with Crippen molar-refractivity contribution in [2.24, 2.45) is 5.92 Å². The lowest BCUT2D eigenvalue weighted by molar-refractivity contribution is -0.136. The highest BCUT2D eigenvalue weighted by Crippen LogP contribution is 2.37. The van der Waals surface area contributed by atoms with Gasteiger partial charge in [0, 0.05) is 39.3 Å². The van der Waals surface area contributed by atoms with Crippen LogP contribution in [-0.4, -0.2) is 62.2 Å². The summed E-state index contributed by atoms with van der Waals surface area (Å²) in [4.78, 5) is 23.7. The fraction of sp³-hybridized carbons (Fsp3) is 0.364. The number of carbonyl (C=O) groups is 1. The van der Waals surface area contributed by atoms with Crippen molar-refractivity contribution < 1.29 is 13.9 Å². The molecule has 3 aromatic rings. The molecule has 0 bridgehead atoms. The quantitative estimate of drug-likeness (QED) is 0.641. The number of thiazole rings is 1. The summed E-state index contributed by atoms with van der Waals surface area (Å²) in [6.07, 6.45) is 0. The standard InChI is InChI=1S/C22H23FN4O2S/c1-29-18-7-4-8-19-20(18)24-22(30-19)27-13-15(14-27)21(28)26-11-9-25(10-12-26)17-6-3-2-5-16(17)23/h2-8,15H,9-14H2,1H3. The van der Waals surface area contributed by atoms with E-state index in [0.29, 0.717) is 45.0 Å². The summed E-state index contributed by atoms with van der Waals surface area (Å²) >= 11 is 1.63. The molecular formula is C22H23FN4O2S. The second-order valence-corrected chi connectivity index (χ2v) is 8.68. The molecule has 0 N–H and O–H groups in total. The number of fused-ring (bicyclic) bond motifs is 1. The lowest BCUT2D eigenvalue weighted by Crippen LogP contribution is -2.58. The first-order valence-corrected chi connectivity index (χ1v) is 10.9. The molecule has 8 heteroatoms. The van der Waals surface area contributed by atoms with Gasteiger partial charge in [0.15, 0.2) is 5.13 Å². The van der Waals surface area contributed by atoms with Gasteiger partial charge in [0.05, 0.1) is 23.4 Å². The zero-order chi connectivity index (χ0) is 20.7. The average molecular weight is 427 g/mol. The van der Waals surface area contributed by atoms with E-state index in [1.54, 1.807) is 30.6 Å². The van der Waals surface area contributed by atoms with Crippen molar-refractivity contribution in [2.45, 2.75) is 0 Å². The van der Waals surface area contributed by atoms with E-state index in [0.717, 1.165) is 21.1 Å². The number of hydrogen-bond acceptors (Lipinski definition) is 6. The molecule has 3 heterocycles. The Morgan fingerprint density at radius 2 is 1.83 bits per heavy atom. The van der Waals surface area contributed by atoms with Crippen molar-refractivity contribution in [2.75, 3.05) is 56.2 Å². The van der Waals surface area contributed by atoms with E-state index < -0.39 is 0 Å². The molecule has 0 saturated carbocycles. The van der Waals surface area contributed by atoms with Crippen LogP contribution in [-0.2, 0) is 4.79 Å². The van der Waals surface area contributed by atoms with E-state index in [-0.39, 0.29) is 17.6 Å². The summed E-state index contributed by atoms with van der Waals surface area (Å²) in [6.45, 7) is 3.94. The van der Waals surface area contributed by atoms with Crippen molar-refractivity contribution in [3.05, 3.63) is 48.3 Å². The zero-order valence-electron chi connectivity index (χ0n) is 16.8. The molecule has 2 aromatic carbocycles. The zero-order valence-corrected chi connectivity index (χ0v) is 17.6. The molecule has 30 heavy (non-hydrogen) atoms. The van der Waals surface area contributed by atoms with Crippen LogP contribution in [0.4, 0.5) is 15.2 Å². The normalized spacial score (nSPS) is 17.3. The fourth-order valence-electron chi connectivity index (χ4n) is 4.14. The number of amides is 1. The highest BCUT2D eigenvalue weighted by molar-refractivity contribution is 7.22. The number of nitrogens with zero attached hydrogens (tertiary/aromatic N) is 4. The number of halogens is 1. The van der Waals surface area contributed by atoms with Crippen LogP contribution in [0.5, 0.6) is 5.75 Å². The second kappa shape index (κ2) is 7.75. The van der Waals surface area contributed by atoms with E-state index in [9.17, 15) is 9.18 Å². The highest BCUT2D eigenvalue weighted by Gasteiger charge is 2.37. The second-order valence-electron chi connectivity index (χ2n) is 7.67. The van der Waals surface area contributed by atoms with Crippen LogP contribution in [0.1, 0.15) is 0 Å². The van der Waals surface area contributed by atoms with Crippen molar-refractivity contribution in [1.82, 2.24) is 9.88 Å². The van der Waals surface area contributed by atoms with Gasteiger partial charge in [-0.2, -0.15) is 0 Å². The van der Waals surface area contributed by atoms with Gasteiger partial charge in [-0.25, -0.2) is 9.37 Å². The van der Waals surface area contributed by atoms with Crippen LogP contribution in [0, 0.1) is 11.7 Å². The smallest absolute Gasteiger partial charge is 0.229 e. The largest absolute Gasteiger partial charge is 0.494 e. The number of para-hydroxylation sites is 2. The molecule has 2 fully saturated rings. The van der Waals surface area contributed by atoms with Gasteiger partial charge in [0.25, 0.3) is 0 Å². The summed E-state index contributed by atoms with van der Waals surface area (Å²) in [7, 11) is 1.65. The Kier molecular flexibility index (Phi) is 4.94. The molecule has 2 saturated heterocycles. The van der Waals surface area contributed by atoms with Crippen LogP contribution in [0.25, 0.3) is 10.2 Å². The number of anilines is 2. The van der Waals surface area contributed by atoms with Crippen LogP contribution in [0.2, 0.25) is 0 Å². The lowest BCUT2D eigenvalue weighted by Gasteiger charge is -2.43. The van der Waals surface area contributed by atoms with Crippen molar-refractivity contribution in [3.63, 3.8) is 0 Å². The van der Waals surface area contributed by atoms with Gasteiger partial charge in [-0.3, -0.25) is 4.79 Å². The van der Waals surface area contributed by atoms with E-state index in [1.165, 1.54) is 6.07 Å². The first-order valence-electron chi connectivity index (χ1n) is 10.1. The van der Waals surface area contributed by atoms with Crippen LogP contribution in [0.3, 0.4) is 0 Å². The Labute approximate surface area is 178 Å². The molecule has 0 atom stereocenters.